The van der Waals surface area contributed by atoms with Crippen LogP contribution in [0.2, 0.25) is 0 Å². The number of furan rings is 1. The zero-order chi connectivity index (χ0) is 18.6. The van der Waals surface area contributed by atoms with Crippen molar-refractivity contribution in [3.8, 4) is 0 Å². The van der Waals surface area contributed by atoms with Gasteiger partial charge in [-0.1, -0.05) is 17.7 Å². The summed E-state index contributed by atoms with van der Waals surface area (Å²) in [6, 6.07) is 11.6. The lowest BCUT2D eigenvalue weighted by Crippen LogP contribution is -2.15. The number of aromatic nitrogens is 2. The molecule has 0 unspecified atom stereocenters. The number of anilines is 2. The number of sulfonamides is 1. The first-order valence-electron chi connectivity index (χ1n) is 7.70. The van der Waals surface area contributed by atoms with E-state index >= 15 is 0 Å². The van der Waals surface area contributed by atoms with Crippen LogP contribution in [0.3, 0.4) is 0 Å². The van der Waals surface area contributed by atoms with E-state index in [1.165, 1.54) is 24.6 Å². The van der Waals surface area contributed by atoms with E-state index in [1.807, 2.05) is 6.92 Å². The van der Waals surface area contributed by atoms with Crippen molar-refractivity contribution in [2.75, 3.05) is 10.1 Å². The fourth-order valence-electron chi connectivity index (χ4n) is 2.09. The predicted molar refractivity (Wildman–Crippen MR) is 98.7 cm³/mol. The van der Waals surface area contributed by atoms with Crippen molar-refractivity contribution in [2.24, 2.45) is 5.10 Å². The highest BCUT2D eigenvalue weighted by Gasteiger charge is 2.16. The van der Waals surface area contributed by atoms with Gasteiger partial charge in [0, 0.05) is 11.8 Å². The highest BCUT2D eigenvalue weighted by Crippen LogP contribution is 2.16. The van der Waals surface area contributed by atoms with Crippen LogP contribution < -0.4 is 10.1 Å². The van der Waals surface area contributed by atoms with Crippen molar-refractivity contribution >= 4 is 28.0 Å². The summed E-state index contributed by atoms with van der Waals surface area (Å²) in [4.78, 5) is 8.37. The van der Waals surface area contributed by atoms with Gasteiger partial charge in [0.2, 0.25) is 5.95 Å². The molecular formula is C17H17N5O3S. The molecule has 0 amide bonds. The maximum Gasteiger partial charge on any atom is 0.264 e. The Morgan fingerprint density at radius 1 is 1.12 bits per heavy atom. The van der Waals surface area contributed by atoms with Gasteiger partial charge in [0.15, 0.2) is 5.82 Å². The second-order valence-corrected chi connectivity index (χ2v) is 7.20. The second kappa shape index (κ2) is 7.36. The molecule has 0 aliphatic rings. The number of hydrogen-bond acceptors (Lipinski definition) is 7. The molecule has 3 rings (SSSR count). The summed E-state index contributed by atoms with van der Waals surface area (Å²) in [7, 11) is -3.78. The molecule has 2 N–H and O–H groups in total. The molecule has 26 heavy (non-hydrogen) atoms. The fourth-order valence-corrected chi connectivity index (χ4v) is 3.04. The van der Waals surface area contributed by atoms with Crippen LogP contribution in [0.25, 0.3) is 0 Å². The Morgan fingerprint density at radius 3 is 2.58 bits per heavy atom. The molecular weight excluding hydrogens is 354 g/mol. The van der Waals surface area contributed by atoms with Gasteiger partial charge in [-0.3, -0.25) is 5.43 Å². The topological polar surface area (TPSA) is 109 Å². The number of aryl methyl sites for hydroxylation is 2. The van der Waals surface area contributed by atoms with Gasteiger partial charge in [-0.15, -0.1) is 0 Å². The van der Waals surface area contributed by atoms with Crippen LogP contribution in [-0.4, -0.2) is 24.6 Å². The Labute approximate surface area is 151 Å². The lowest BCUT2D eigenvalue weighted by Gasteiger charge is -2.09. The number of nitrogens with zero attached hydrogens (tertiary/aromatic N) is 3. The lowest BCUT2D eigenvalue weighted by atomic mass is 10.2. The number of hydrazone groups is 1. The van der Waals surface area contributed by atoms with Gasteiger partial charge < -0.3 is 4.42 Å². The largest absolute Gasteiger partial charge is 0.463 e. The molecule has 0 fully saturated rings. The van der Waals surface area contributed by atoms with Crippen LogP contribution in [-0.2, 0) is 10.0 Å². The molecule has 134 valence electrons. The second-order valence-electron chi connectivity index (χ2n) is 5.52. The summed E-state index contributed by atoms with van der Waals surface area (Å²) in [5.41, 5.74) is 4.27. The summed E-state index contributed by atoms with van der Waals surface area (Å²) in [5.74, 6) is 0.881. The zero-order valence-electron chi connectivity index (χ0n) is 14.2. The van der Waals surface area contributed by atoms with Crippen molar-refractivity contribution in [1.82, 2.24) is 9.97 Å². The summed E-state index contributed by atoms with van der Waals surface area (Å²) in [5, 5.41) is 3.99. The normalized spacial score (nSPS) is 11.6. The minimum atomic E-state index is -3.78. The van der Waals surface area contributed by atoms with E-state index in [0.29, 0.717) is 17.3 Å². The molecule has 1 aromatic carbocycles. The Morgan fingerprint density at radius 2 is 1.88 bits per heavy atom. The number of nitrogens with one attached hydrogen (secondary N) is 2. The molecule has 2 aromatic heterocycles. The minimum absolute atomic E-state index is 0.0405. The van der Waals surface area contributed by atoms with E-state index in [2.05, 4.69) is 25.2 Å². The third kappa shape index (κ3) is 4.45. The molecule has 0 saturated carbocycles. The monoisotopic (exact) mass is 371 g/mol. The van der Waals surface area contributed by atoms with E-state index < -0.39 is 10.0 Å². The third-order valence-corrected chi connectivity index (χ3v) is 4.67. The summed E-state index contributed by atoms with van der Waals surface area (Å²) in [6.07, 6.45) is 3.02. The Bertz CT molecular complexity index is 1010. The van der Waals surface area contributed by atoms with Crippen LogP contribution >= 0.6 is 0 Å². The van der Waals surface area contributed by atoms with Gasteiger partial charge in [-0.2, -0.15) is 10.1 Å². The molecule has 3 aromatic rings. The molecule has 0 radical (unpaired) electrons. The van der Waals surface area contributed by atoms with Crippen LogP contribution in [0.1, 0.15) is 17.0 Å². The summed E-state index contributed by atoms with van der Waals surface area (Å²) >= 11 is 0. The van der Waals surface area contributed by atoms with E-state index in [1.54, 1.807) is 37.3 Å². The Balaban J connectivity index is 1.77. The van der Waals surface area contributed by atoms with E-state index in [0.717, 1.165) is 5.56 Å². The molecule has 0 aliphatic carbocycles. The summed E-state index contributed by atoms with van der Waals surface area (Å²) < 4.78 is 32.4. The van der Waals surface area contributed by atoms with Gasteiger partial charge in [-0.05, 0) is 38.1 Å². The van der Waals surface area contributed by atoms with E-state index in [9.17, 15) is 8.42 Å². The Kier molecular flexibility index (Phi) is 4.99. The predicted octanol–water partition coefficient (Wildman–Crippen LogP) is 2.93. The molecule has 0 bridgehead atoms. The highest BCUT2D eigenvalue weighted by atomic mass is 32.2. The molecule has 0 aliphatic heterocycles. The van der Waals surface area contributed by atoms with E-state index in [-0.39, 0.29) is 10.8 Å². The molecule has 8 nitrogen and oxygen atoms in total. The van der Waals surface area contributed by atoms with Crippen LogP contribution in [0.15, 0.2) is 63.1 Å². The highest BCUT2D eigenvalue weighted by molar-refractivity contribution is 7.92. The number of rotatable bonds is 6. The third-order valence-electron chi connectivity index (χ3n) is 3.33. The van der Waals surface area contributed by atoms with Gasteiger partial charge >= 0.3 is 0 Å². The maximum absolute atomic E-state index is 12.5. The standard InChI is InChI=1S/C17H17N5O3S/c1-12-5-7-15(8-6-12)26(23,24)22-17-19-13(2)10-16(20-17)21-18-11-14-4-3-9-25-14/h3-11H,1-2H3,(H2,19,20,21,22). The number of hydrogen-bond donors (Lipinski definition) is 2. The average Bonchev–Trinajstić information content (AvgIpc) is 3.07. The molecule has 0 saturated heterocycles. The minimum Gasteiger partial charge on any atom is -0.463 e. The number of benzene rings is 1. The smallest absolute Gasteiger partial charge is 0.264 e. The van der Waals surface area contributed by atoms with E-state index in [4.69, 9.17) is 4.42 Å². The van der Waals surface area contributed by atoms with Crippen molar-refractivity contribution in [3.05, 3.63) is 65.7 Å². The van der Waals surface area contributed by atoms with Crippen molar-refractivity contribution in [2.45, 2.75) is 18.7 Å². The average molecular weight is 371 g/mol. The molecule has 0 atom stereocenters. The zero-order valence-corrected chi connectivity index (χ0v) is 15.0. The SMILES string of the molecule is Cc1ccc(S(=O)(=O)Nc2nc(C)cc(NN=Cc3ccco3)n2)cc1. The molecule has 9 heteroatoms. The molecule has 0 spiro atoms. The first kappa shape index (κ1) is 17.6. The van der Waals surface area contributed by atoms with Crippen LogP contribution in [0, 0.1) is 13.8 Å². The van der Waals surface area contributed by atoms with Crippen molar-refractivity contribution < 1.29 is 12.8 Å². The van der Waals surface area contributed by atoms with Gasteiger partial charge in [0.1, 0.15) is 5.76 Å². The first-order chi connectivity index (χ1) is 12.4. The quantitative estimate of drug-likeness (QED) is 0.509. The molecule has 2 heterocycles. The van der Waals surface area contributed by atoms with Crippen LogP contribution in [0.4, 0.5) is 11.8 Å². The van der Waals surface area contributed by atoms with Gasteiger partial charge in [0.05, 0.1) is 17.4 Å². The van der Waals surface area contributed by atoms with Crippen LogP contribution in [0.5, 0.6) is 0 Å². The first-order valence-corrected chi connectivity index (χ1v) is 9.18. The van der Waals surface area contributed by atoms with Gasteiger partial charge in [0.25, 0.3) is 10.0 Å². The summed E-state index contributed by atoms with van der Waals surface area (Å²) in [6.45, 7) is 3.61. The van der Waals surface area contributed by atoms with Crippen molar-refractivity contribution in [1.29, 1.82) is 0 Å². The fraction of sp³-hybridized carbons (Fsp3) is 0.118. The van der Waals surface area contributed by atoms with Crippen molar-refractivity contribution in [3.63, 3.8) is 0 Å². The Hall–Kier alpha value is -3.20. The van der Waals surface area contributed by atoms with Gasteiger partial charge in [-0.25, -0.2) is 18.1 Å². The maximum atomic E-state index is 12.5. The lowest BCUT2D eigenvalue weighted by molar-refractivity contribution is 0.560.